The van der Waals surface area contributed by atoms with E-state index in [0.717, 1.165) is 13.0 Å². The van der Waals surface area contributed by atoms with Crippen molar-refractivity contribution in [2.75, 3.05) is 6.54 Å². The minimum absolute atomic E-state index is 0. The van der Waals surface area contributed by atoms with E-state index in [9.17, 15) is 0 Å². The molecule has 1 N–H and O–H groups in total. The molecule has 0 fully saturated rings. The Hall–Kier alpha value is -1.31. The number of aryl methyl sites for hydroxylation is 1. The summed E-state index contributed by atoms with van der Waals surface area (Å²) in [6.07, 6.45) is 4.76. The lowest BCUT2D eigenvalue weighted by Gasteiger charge is -2.18. The second-order valence-electron chi connectivity index (χ2n) is 5.30. The van der Waals surface area contributed by atoms with Gasteiger partial charge in [0.25, 0.3) is 0 Å². The van der Waals surface area contributed by atoms with Gasteiger partial charge in [-0.3, -0.25) is 0 Å². The molecular weight excluding hydrogens is 278 g/mol. The van der Waals surface area contributed by atoms with Gasteiger partial charge in [-0.05, 0) is 36.9 Å². The summed E-state index contributed by atoms with van der Waals surface area (Å²) in [6.45, 7) is 3.33. The van der Waals surface area contributed by atoms with Gasteiger partial charge in [-0.2, -0.15) is 0 Å². The molecule has 0 aliphatic heterocycles. The Bertz CT molecular complexity index is 469. The molecule has 0 aliphatic carbocycles. The lowest BCUT2D eigenvalue weighted by molar-refractivity contribution is 0.487. The maximum absolute atomic E-state index is 3.71. The molecule has 0 aliphatic rings. The Morgan fingerprint density at radius 1 is 0.905 bits per heavy atom. The lowest BCUT2D eigenvalue weighted by Crippen LogP contribution is -2.22. The first-order valence-electron chi connectivity index (χ1n) is 7.72. The fraction of sp³-hybridized carbons (Fsp3) is 0.368. The summed E-state index contributed by atoms with van der Waals surface area (Å²) in [4.78, 5) is 0. The van der Waals surface area contributed by atoms with Gasteiger partial charge >= 0.3 is 0 Å². The Labute approximate surface area is 135 Å². The zero-order valence-electron chi connectivity index (χ0n) is 12.8. The fourth-order valence-corrected chi connectivity index (χ4v) is 2.57. The Morgan fingerprint density at radius 3 is 2.14 bits per heavy atom. The SMILES string of the molecule is CCCC(NCCCc1ccccc1)c1ccccc1.Cl. The summed E-state index contributed by atoms with van der Waals surface area (Å²) in [6, 6.07) is 22.0. The Morgan fingerprint density at radius 2 is 1.52 bits per heavy atom. The third-order valence-electron chi connectivity index (χ3n) is 3.66. The summed E-state index contributed by atoms with van der Waals surface area (Å²) < 4.78 is 0. The first-order chi connectivity index (χ1) is 9.90. The second kappa shape index (κ2) is 10.4. The molecule has 0 aromatic heterocycles. The number of benzene rings is 2. The largest absolute Gasteiger partial charge is 0.310 e. The third kappa shape index (κ3) is 6.33. The molecule has 2 heteroatoms. The van der Waals surface area contributed by atoms with E-state index in [-0.39, 0.29) is 12.4 Å². The molecule has 1 nitrogen and oxygen atoms in total. The van der Waals surface area contributed by atoms with Crippen LogP contribution in [0.2, 0.25) is 0 Å². The number of hydrogen-bond acceptors (Lipinski definition) is 1. The van der Waals surface area contributed by atoms with E-state index in [2.05, 4.69) is 72.9 Å². The highest BCUT2D eigenvalue weighted by Crippen LogP contribution is 2.18. The smallest absolute Gasteiger partial charge is 0.0320 e. The van der Waals surface area contributed by atoms with Gasteiger partial charge in [0.1, 0.15) is 0 Å². The summed E-state index contributed by atoms with van der Waals surface area (Å²) in [5, 5.41) is 3.71. The standard InChI is InChI=1S/C19H25N.ClH/c1-2-10-19(18-14-7-4-8-15-18)20-16-9-13-17-11-5-3-6-12-17;/h3-8,11-12,14-15,19-20H,2,9-10,13,16H2,1H3;1H. The molecule has 0 saturated carbocycles. The minimum atomic E-state index is 0. The summed E-state index contributed by atoms with van der Waals surface area (Å²) in [5.41, 5.74) is 2.84. The maximum atomic E-state index is 3.71. The van der Waals surface area contributed by atoms with Crippen molar-refractivity contribution in [3.8, 4) is 0 Å². The summed E-state index contributed by atoms with van der Waals surface area (Å²) >= 11 is 0. The fourth-order valence-electron chi connectivity index (χ4n) is 2.57. The molecule has 2 rings (SSSR count). The molecule has 1 atom stereocenters. The number of nitrogens with one attached hydrogen (secondary N) is 1. The van der Waals surface area contributed by atoms with E-state index < -0.39 is 0 Å². The van der Waals surface area contributed by atoms with Crippen LogP contribution in [0.25, 0.3) is 0 Å². The number of hydrogen-bond donors (Lipinski definition) is 1. The van der Waals surface area contributed by atoms with Gasteiger partial charge in [0.05, 0.1) is 0 Å². The molecule has 0 saturated heterocycles. The van der Waals surface area contributed by atoms with Gasteiger partial charge in [0.2, 0.25) is 0 Å². The van der Waals surface area contributed by atoms with Crippen LogP contribution in [0.4, 0.5) is 0 Å². The average Bonchev–Trinajstić information content (AvgIpc) is 2.52. The maximum Gasteiger partial charge on any atom is 0.0320 e. The van der Waals surface area contributed by atoms with Gasteiger partial charge in [0, 0.05) is 6.04 Å². The van der Waals surface area contributed by atoms with Crippen LogP contribution in [0.15, 0.2) is 60.7 Å². The Kier molecular flexibility index (Phi) is 8.80. The predicted molar refractivity (Wildman–Crippen MR) is 94.1 cm³/mol. The summed E-state index contributed by atoms with van der Waals surface area (Å²) in [5.74, 6) is 0. The molecule has 2 aromatic rings. The van der Waals surface area contributed by atoms with E-state index in [1.807, 2.05) is 0 Å². The molecule has 0 radical (unpaired) electrons. The molecule has 0 spiro atoms. The molecule has 0 amide bonds. The van der Waals surface area contributed by atoms with E-state index in [1.54, 1.807) is 0 Å². The second-order valence-corrected chi connectivity index (χ2v) is 5.30. The van der Waals surface area contributed by atoms with E-state index in [4.69, 9.17) is 0 Å². The van der Waals surface area contributed by atoms with Crippen LogP contribution in [-0.4, -0.2) is 6.54 Å². The first-order valence-corrected chi connectivity index (χ1v) is 7.72. The normalized spacial score (nSPS) is 11.7. The highest BCUT2D eigenvalue weighted by molar-refractivity contribution is 5.85. The van der Waals surface area contributed by atoms with Gasteiger partial charge in [0.15, 0.2) is 0 Å². The van der Waals surface area contributed by atoms with Crippen LogP contribution in [0.1, 0.15) is 43.4 Å². The van der Waals surface area contributed by atoms with Crippen molar-refractivity contribution in [1.29, 1.82) is 0 Å². The molecular formula is C19H26ClN. The van der Waals surface area contributed by atoms with Gasteiger partial charge in [-0.15, -0.1) is 12.4 Å². The topological polar surface area (TPSA) is 12.0 Å². The van der Waals surface area contributed by atoms with E-state index >= 15 is 0 Å². The van der Waals surface area contributed by atoms with E-state index in [0.29, 0.717) is 6.04 Å². The van der Waals surface area contributed by atoms with Crippen LogP contribution < -0.4 is 5.32 Å². The number of halogens is 1. The van der Waals surface area contributed by atoms with Crippen molar-refractivity contribution in [1.82, 2.24) is 5.32 Å². The summed E-state index contributed by atoms with van der Waals surface area (Å²) in [7, 11) is 0. The van der Waals surface area contributed by atoms with Crippen LogP contribution in [0.3, 0.4) is 0 Å². The van der Waals surface area contributed by atoms with Crippen molar-refractivity contribution >= 4 is 12.4 Å². The van der Waals surface area contributed by atoms with Crippen molar-refractivity contribution in [2.45, 2.75) is 38.6 Å². The van der Waals surface area contributed by atoms with Crippen molar-refractivity contribution < 1.29 is 0 Å². The number of rotatable bonds is 8. The van der Waals surface area contributed by atoms with Crippen molar-refractivity contribution in [2.24, 2.45) is 0 Å². The highest BCUT2D eigenvalue weighted by atomic mass is 35.5. The predicted octanol–water partition coefficient (Wildman–Crippen LogP) is 5.17. The molecule has 0 heterocycles. The third-order valence-corrected chi connectivity index (χ3v) is 3.66. The molecule has 114 valence electrons. The highest BCUT2D eigenvalue weighted by Gasteiger charge is 2.08. The average molecular weight is 304 g/mol. The van der Waals surface area contributed by atoms with Gasteiger partial charge in [-0.25, -0.2) is 0 Å². The van der Waals surface area contributed by atoms with Crippen molar-refractivity contribution in [3.05, 3.63) is 71.8 Å². The quantitative estimate of drug-likeness (QED) is 0.663. The molecule has 2 aromatic carbocycles. The van der Waals surface area contributed by atoms with Gasteiger partial charge in [-0.1, -0.05) is 74.0 Å². The van der Waals surface area contributed by atoms with Crippen LogP contribution in [0, 0.1) is 0 Å². The zero-order valence-corrected chi connectivity index (χ0v) is 13.6. The lowest BCUT2D eigenvalue weighted by atomic mass is 10.0. The minimum Gasteiger partial charge on any atom is -0.310 e. The first kappa shape index (κ1) is 17.7. The molecule has 0 bridgehead atoms. The molecule has 1 unspecified atom stereocenters. The monoisotopic (exact) mass is 303 g/mol. The Balaban J connectivity index is 0.00000220. The van der Waals surface area contributed by atoms with Gasteiger partial charge < -0.3 is 5.32 Å². The van der Waals surface area contributed by atoms with E-state index in [1.165, 1.54) is 30.4 Å². The zero-order chi connectivity index (χ0) is 14.0. The van der Waals surface area contributed by atoms with Crippen LogP contribution in [-0.2, 0) is 6.42 Å². The van der Waals surface area contributed by atoms with Crippen LogP contribution >= 0.6 is 12.4 Å². The van der Waals surface area contributed by atoms with Crippen LogP contribution in [0.5, 0.6) is 0 Å². The molecule has 21 heavy (non-hydrogen) atoms. The van der Waals surface area contributed by atoms with Crippen molar-refractivity contribution in [3.63, 3.8) is 0 Å².